The Labute approximate surface area is 163 Å². The molecule has 0 heterocycles. The molecule has 0 saturated heterocycles. The van der Waals surface area contributed by atoms with E-state index in [1.165, 1.54) is 37.7 Å². The van der Waals surface area contributed by atoms with Crippen molar-refractivity contribution in [2.45, 2.75) is 79.1 Å². The van der Waals surface area contributed by atoms with Crippen LogP contribution in [0.25, 0.3) is 0 Å². The summed E-state index contributed by atoms with van der Waals surface area (Å²) in [5.74, 6) is 3.36. The van der Waals surface area contributed by atoms with Crippen molar-refractivity contribution in [3.8, 4) is 0 Å². The van der Waals surface area contributed by atoms with Crippen LogP contribution in [-0.4, -0.2) is 21.8 Å². The fraction of sp³-hybridized carbons (Fsp3) is 0.826. The van der Waals surface area contributed by atoms with Gasteiger partial charge in [-0.15, -0.1) is 0 Å². The summed E-state index contributed by atoms with van der Waals surface area (Å²) in [7, 11) is 0. The molecule has 0 aliphatic heterocycles. The Morgan fingerprint density at radius 3 is 2.59 bits per heavy atom. The van der Waals surface area contributed by atoms with E-state index in [-0.39, 0.29) is 10.8 Å². The van der Waals surface area contributed by atoms with E-state index in [1.54, 1.807) is 0 Å². The number of oxime groups is 2. The number of rotatable bonds is 2. The van der Waals surface area contributed by atoms with Gasteiger partial charge < -0.3 is 10.4 Å². The Morgan fingerprint density at radius 1 is 1.15 bits per heavy atom. The highest BCUT2D eigenvalue weighted by molar-refractivity contribution is 5.96. The number of hydrogen-bond acceptors (Lipinski definition) is 4. The number of hydrogen-bond donors (Lipinski definition) is 2. The zero-order valence-corrected chi connectivity index (χ0v) is 17.4. The molecule has 4 heteroatoms. The van der Waals surface area contributed by atoms with E-state index < -0.39 is 0 Å². The van der Waals surface area contributed by atoms with Crippen LogP contribution in [0.3, 0.4) is 0 Å². The molecule has 0 aromatic heterocycles. The maximum absolute atomic E-state index is 9.54. The third-order valence-corrected chi connectivity index (χ3v) is 9.41. The van der Waals surface area contributed by atoms with Crippen LogP contribution in [0.2, 0.25) is 0 Å². The SMILES string of the molecule is CC[C@H]1CC2C3CCC4=C/C(=N/O)CC[C@@]4(C)C3CC[C@@]2(C)[C@@H]1/C(C)=N\O. The first-order chi connectivity index (χ1) is 12.9. The fourth-order valence-corrected chi connectivity index (χ4v) is 8.11. The standard InChI is InChI=1S/C23H36N2O2/c1-5-15-12-20-18-7-6-16-13-17(25-27)8-10-22(16,3)19(18)9-11-23(20,4)21(15)14(2)24-26/h13,15,18-21,26-27H,5-12H2,1-4H3/b24-14-,25-17+/t15-,18?,19?,20?,21+,22+,23+/m0/s1. The minimum atomic E-state index is 0.276. The van der Waals surface area contributed by atoms with Gasteiger partial charge in [0.05, 0.1) is 11.4 Å². The Balaban J connectivity index is 1.68. The quantitative estimate of drug-likeness (QED) is 0.361. The van der Waals surface area contributed by atoms with Gasteiger partial charge >= 0.3 is 0 Å². The smallest absolute Gasteiger partial charge is 0.0795 e. The first-order valence-corrected chi connectivity index (χ1v) is 11.0. The Bertz CT molecular complexity index is 696. The predicted molar refractivity (Wildman–Crippen MR) is 108 cm³/mol. The van der Waals surface area contributed by atoms with Crippen molar-refractivity contribution in [2.24, 2.45) is 50.7 Å². The molecule has 0 aromatic rings. The molecule has 2 N–H and O–H groups in total. The summed E-state index contributed by atoms with van der Waals surface area (Å²) >= 11 is 0. The molecular formula is C23H36N2O2. The molecule has 3 fully saturated rings. The van der Waals surface area contributed by atoms with Gasteiger partial charge in [-0.05, 0) is 92.4 Å². The summed E-state index contributed by atoms with van der Waals surface area (Å²) in [5.41, 5.74) is 3.90. The average molecular weight is 373 g/mol. The van der Waals surface area contributed by atoms with Crippen molar-refractivity contribution in [1.82, 2.24) is 0 Å². The molecule has 0 aromatic carbocycles. The first kappa shape index (κ1) is 19.0. The van der Waals surface area contributed by atoms with Gasteiger partial charge in [0.1, 0.15) is 0 Å². The molecule has 150 valence electrons. The maximum atomic E-state index is 9.54. The summed E-state index contributed by atoms with van der Waals surface area (Å²) in [6.07, 6.45) is 11.6. The zero-order chi connectivity index (χ0) is 19.4. The first-order valence-electron chi connectivity index (χ1n) is 11.0. The van der Waals surface area contributed by atoms with Crippen molar-refractivity contribution in [1.29, 1.82) is 0 Å². The van der Waals surface area contributed by atoms with Crippen molar-refractivity contribution in [2.75, 3.05) is 0 Å². The Morgan fingerprint density at radius 2 is 1.93 bits per heavy atom. The summed E-state index contributed by atoms with van der Waals surface area (Å²) in [6, 6.07) is 0. The molecule has 3 saturated carbocycles. The summed E-state index contributed by atoms with van der Waals surface area (Å²) < 4.78 is 0. The Kier molecular flexibility index (Phi) is 4.67. The summed E-state index contributed by atoms with van der Waals surface area (Å²) in [5, 5.41) is 25.9. The third kappa shape index (κ3) is 2.61. The molecule has 4 aliphatic rings. The predicted octanol–water partition coefficient (Wildman–Crippen LogP) is 5.88. The maximum Gasteiger partial charge on any atom is 0.0795 e. The zero-order valence-electron chi connectivity index (χ0n) is 17.4. The molecule has 0 spiro atoms. The fourth-order valence-electron chi connectivity index (χ4n) is 8.11. The van der Waals surface area contributed by atoms with Crippen molar-refractivity contribution < 1.29 is 10.4 Å². The van der Waals surface area contributed by atoms with Gasteiger partial charge in [-0.25, -0.2) is 0 Å². The largest absolute Gasteiger partial charge is 0.411 e. The van der Waals surface area contributed by atoms with E-state index in [4.69, 9.17) is 0 Å². The van der Waals surface area contributed by atoms with Gasteiger partial charge in [-0.2, -0.15) is 0 Å². The molecule has 0 bridgehead atoms. The van der Waals surface area contributed by atoms with E-state index in [2.05, 4.69) is 37.2 Å². The van der Waals surface area contributed by atoms with E-state index in [0.29, 0.717) is 11.8 Å². The lowest BCUT2D eigenvalue weighted by Crippen LogP contribution is -2.51. The van der Waals surface area contributed by atoms with Crippen LogP contribution in [0.15, 0.2) is 22.0 Å². The van der Waals surface area contributed by atoms with E-state index >= 15 is 0 Å². The van der Waals surface area contributed by atoms with Gasteiger partial charge in [-0.3, -0.25) is 0 Å². The van der Waals surface area contributed by atoms with Crippen LogP contribution in [0.4, 0.5) is 0 Å². The molecule has 4 aliphatic carbocycles. The minimum Gasteiger partial charge on any atom is -0.411 e. The molecule has 4 nitrogen and oxygen atoms in total. The summed E-state index contributed by atoms with van der Waals surface area (Å²) in [6.45, 7) is 9.32. The second-order valence-electron chi connectivity index (χ2n) is 10.3. The van der Waals surface area contributed by atoms with Gasteiger partial charge in [0.25, 0.3) is 0 Å². The highest BCUT2D eigenvalue weighted by Gasteiger charge is 2.61. The Hall–Kier alpha value is -1.32. The number of nitrogens with zero attached hydrogens (tertiary/aromatic N) is 2. The van der Waals surface area contributed by atoms with E-state index in [9.17, 15) is 10.4 Å². The lowest BCUT2D eigenvalue weighted by atomic mass is 9.46. The van der Waals surface area contributed by atoms with Crippen LogP contribution in [0.1, 0.15) is 79.1 Å². The summed E-state index contributed by atoms with van der Waals surface area (Å²) in [4.78, 5) is 0. The van der Waals surface area contributed by atoms with Crippen molar-refractivity contribution in [3.05, 3.63) is 11.6 Å². The molecule has 7 atom stereocenters. The highest BCUT2D eigenvalue weighted by Crippen LogP contribution is 2.68. The van der Waals surface area contributed by atoms with Crippen LogP contribution in [-0.2, 0) is 0 Å². The van der Waals surface area contributed by atoms with Crippen LogP contribution < -0.4 is 0 Å². The molecule has 0 radical (unpaired) electrons. The van der Waals surface area contributed by atoms with Crippen LogP contribution in [0, 0.1) is 40.4 Å². The van der Waals surface area contributed by atoms with Crippen LogP contribution >= 0.6 is 0 Å². The second kappa shape index (κ2) is 6.63. The normalized spacial score (nSPS) is 48.6. The lowest BCUT2D eigenvalue weighted by molar-refractivity contribution is -0.0412. The number of fused-ring (bicyclic) bond motifs is 5. The molecular weight excluding hydrogens is 336 g/mol. The third-order valence-electron chi connectivity index (χ3n) is 9.41. The van der Waals surface area contributed by atoms with Crippen molar-refractivity contribution in [3.63, 3.8) is 0 Å². The van der Waals surface area contributed by atoms with Gasteiger partial charge in [0, 0.05) is 5.92 Å². The van der Waals surface area contributed by atoms with Gasteiger partial charge in [-0.1, -0.05) is 43.1 Å². The topological polar surface area (TPSA) is 65.2 Å². The minimum absolute atomic E-state index is 0.276. The van der Waals surface area contributed by atoms with Crippen molar-refractivity contribution >= 4 is 11.4 Å². The highest BCUT2D eigenvalue weighted by atomic mass is 16.4. The lowest BCUT2D eigenvalue weighted by Gasteiger charge is -2.58. The van der Waals surface area contributed by atoms with Crippen LogP contribution in [0.5, 0.6) is 0 Å². The van der Waals surface area contributed by atoms with E-state index in [0.717, 1.165) is 48.4 Å². The number of allylic oxidation sites excluding steroid dienone is 2. The van der Waals surface area contributed by atoms with Gasteiger partial charge in [0.2, 0.25) is 0 Å². The molecule has 27 heavy (non-hydrogen) atoms. The van der Waals surface area contributed by atoms with Gasteiger partial charge in [0.15, 0.2) is 0 Å². The molecule has 3 unspecified atom stereocenters. The monoisotopic (exact) mass is 372 g/mol. The molecule has 4 rings (SSSR count). The molecule has 0 amide bonds. The second-order valence-corrected chi connectivity index (χ2v) is 10.3. The van der Waals surface area contributed by atoms with E-state index in [1.807, 2.05) is 6.92 Å². The average Bonchev–Trinajstić information content (AvgIpc) is 2.99.